The fraction of sp³-hybridized carbons (Fsp3) is 0.344. The number of hydrogen-bond donors (Lipinski definition) is 1. The first-order chi connectivity index (χ1) is 19.3. The molecule has 5 rings (SSSR count). The minimum Gasteiger partial charge on any atom is -0.379 e. The molecule has 5 nitrogen and oxygen atoms in total. The predicted molar refractivity (Wildman–Crippen MR) is 150 cm³/mol. The lowest BCUT2D eigenvalue weighted by Gasteiger charge is -2.26. The van der Waals surface area contributed by atoms with Crippen LogP contribution in [0.15, 0.2) is 79.0 Å². The molecule has 2 heterocycles. The van der Waals surface area contributed by atoms with Crippen LogP contribution in [0.3, 0.4) is 0 Å². The molecule has 210 valence electrons. The number of rotatable bonds is 9. The number of benzene rings is 3. The highest BCUT2D eigenvalue weighted by Gasteiger charge is 2.32. The minimum atomic E-state index is -4.47. The van der Waals surface area contributed by atoms with Crippen LogP contribution in [0.4, 0.5) is 13.2 Å². The third kappa shape index (κ3) is 6.74. The summed E-state index contributed by atoms with van der Waals surface area (Å²) in [6.45, 7) is 6.84. The molecule has 1 aliphatic rings. The summed E-state index contributed by atoms with van der Waals surface area (Å²) in [6.07, 6.45) is -2.43. The van der Waals surface area contributed by atoms with Gasteiger partial charge in [-0.1, -0.05) is 66.2 Å². The van der Waals surface area contributed by atoms with E-state index in [1.54, 1.807) is 6.07 Å². The number of nitrogens with one attached hydrogen (secondary N) is 1. The fourth-order valence-corrected chi connectivity index (χ4v) is 5.35. The zero-order valence-corrected chi connectivity index (χ0v) is 22.6. The van der Waals surface area contributed by atoms with Crippen LogP contribution in [0.1, 0.15) is 40.2 Å². The Bertz CT molecular complexity index is 1440. The summed E-state index contributed by atoms with van der Waals surface area (Å²) in [5.74, 6) is -0.735. The molecule has 3 aromatic carbocycles. The van der Waals surface area contributed by atoms with Crippen molar-refractivity contribution in [3.05, 3.63) is 107 Å². The van der Waals surface area contributed by atoms with Crippen LogP contribution in [0.25, 0.3) is 10.9 Å². The smallest absolute Gasteiger partial charge is 0.379 e. The largest absolute Gasteiger partial charge is 0.416 e. The number of ether oxygens (including phenoxy) is 1. The maximum absolute atomic E-state index is 13.7. The highest BCUT2D eigenvalue weighted by molar-refractivity contribution is 5.86. The van der Waals surface area contributed by atoms with Crippen molar-refractivity contribution in [1.29, 1.82) is 0 Å². The molecule has 0 radical (unpaired) electrons. The van der Waals surface area contributed by atoms with Gasteiger partial charge in [-0.25, -0.2) is 0 Å². The maximum atomic E-state index is 13.7. The lowest BCUT2D eigenvalue weighted by atomic mass is 9.87. The normalized spacial score (nSPS) is 15.3. The van der Waals surface area contributed by atoms with Crippen molar-refractivity contribution in [2.75, 3.05) is 39.4 Å². The molecule has 0 spiro atoms. The van der Waals surface area contributed by atoms with Crippen LogP contribution in [0.2, 0.25) is 0 Å². The second-order valence-corrected chi connectivity index (χ2v) is 10.4. The van der Waals surface area contributed by atoms with Gasteiger partial charge < -0.3 is 14.6 Å². The SMILES string of the molecule is Cc1ccc(Cn2cc([C@@H](CC(=O)NCCN3CCOCC3)c3cccc(C(F)(F)F)c3)c3ccccc32)cc1. The monoisotopic (exact) mass is 549 g/mol. The molecule has 40 heavy (non-hydrogen) atoms. The van der Waals surface area contributed by atoms with Crippen molar-refractivity contribution < 1.29 is 22.7 Å². The first-order valence-corrected chi connectivity index (χ1v) is 13.7. The average Bonchev–Trinajstić information content (AvgIpc) is 3.31. The lowest BCUT2D eigenvalue weighted by molar-refractivity contribution is -0.137. The topological polar surface area (TPSA) is 46.5 Å². The van der Waals surface area contributed by atoms with Gasteiger partial charge in [-0.15, -0.1) is 0 Å². The first-order valence-electron chi connectivity index (χ1n) is 13.7. The number of hydrogen-bond acceptors (Lipinski definition) is 3. The third-order valence-corrected chi connectivity index (χ3v) is 7.53. The number of para-hydroxylation sites is 1. The van der Waals surface area contributed by atoms with E-state index in [2.05, 4.69) is 39.0 Å². The standard InChI is InChI=1S/C32H34F3N3O2/c1-23-9-11-24(12-10-23)21-38-22-29(27-7-2-3-8-30(27)38)28(25-5-4-6-26(19-25)32(33,34)35)20-31(39)36-13-14-37-15-17-40-18-16-37/h2-12,19,22,28H,13-18,20-21H2,1H3,(H,36,39)/t28-/m0/s1. The Kier molecular flexibility index (Phi) is 8.57. The zero-order valence-electron chi connectivity index (χ0n) is 22.6. The van der Waals surface area contributed by atoms with Crippen molar-refractivity contribution in [3.8, 4) is 0 Å². The van der Waals surface area contributed by atoms with E-state index >= 15 is 0 Å². The molecule has 8 heteroatoms. The van der Waals surface area contributed by atoms with Crippen LogP contribution >= 0.6 is 0 Å². The van der Waals surface area contributed by atoms with E-state index in [0.717, 1.165) is 41.2 Å². The predicted octanol–water partition coefficient (Wildman–Crippen LogP) is 5.99. The van der Waals surface area contributed by atoms with Crippen LogP contribution in [-0.4, -0.2) is 54.8 Å². The first kappa shape index (κ1) is 27.9. The van der Waals surface area contributed by atoms with Crippen molar-refractivity contribution in [2.24, 2.45) is 0 Å². The Morgan fingerprint density at radius 3 is 2.50 bits per heavy atom. The van der Waals surface area contributed by atoms with E-state index in [4.69, 9.17) is 4.74 Å². The van der Waals surface area contributed by atoms with Gasteiger partial charge in [0.1, 0.15) is 0 Å². The van der Waals surface area contributed by atoms with Gasteiger partial charge in [-0.3, -0.25) is 9.69 Å². The van der Waals surface area contributed by atoms with Gasteiger partial charge in [0, 0.05) is 62.2 Å². The fourth-order valence-electron chi connectivity index (χ4n) is 5.35. The Labute approximate surface area is 232 Å². The van der Waals surface area contributed by atoms with E-state index in [9.17, 15) is 18.0 Å². The summed E-state index contributed by atoms with van der Waals surface area (Å²) in [4.78, 5) is 15.4. The molecule has 1 aromatic heterocycles. The Morgan fingerprint density at radius 1 is 1.00 bits per heavy atom. The van der Waals surface area contributed by atoms with Gasteiger partial charge in [0.2, 0.25) is 5.91 Å². The Morgan fingerprint density at radius 2 is 1.75 bits per heavy atom. The molecule has 0 aliphatic carbocycles. The van der Waals surface area contributed by atoms with Gasteiger partial charge >= 0.3 is 6.18 Å². The van der Waals surface area contributed by atoms with Crippen molar-refractivity contribution in [1.82, 2.24) is 14.8 Å². The van der Waals surface area contributed by atoms with Crippen LogP contribution in [-0.2, 0) is 22.3 Å². The van der Waals surface area contributed by atoms with Crippen molar-refractivity contribution >= 4 is 16.8 Å². The van der Waals surface area contributed by atoms with E-state index in [1.807, 2.05) is 37.4 Å². The second-order valence-electron chi connectivity index (χ2n) is 10.4. The summed E-state index contributed by atoms with van der Waals surface area (Å²) in [6, 6.07) is 21.5. The number of carbonyl (C=O) groups excluding carboxylic acids is 1. The molecule has 1 amide bonds. The number of morpholine rings is 1. The molecule has 0 bridgehead atoms. The average molecular weight is 550 g/mol. The molecule has 1 N–H and O–H groups in total. The van der Waals surface area contributed by atoms with Crippen LogP contribution < -0.4 is 5.32 Å². The van der Waals surface area contributed by atoms with Gasteiger partial charge in [0.15, 0.2) is 0 Å². The molecular weight excluding hydrogens is 515 g/mol. The van der Waals surface area contributed by atoms with Crippen LogP contribution in [0.5, 0.6) is 0 Å². The summed E-state index contributed by atoms with van der Waals surface area (Å²) >= 11 is 0. The van der Waals surface area contributed by atoms with E-state index < -0.39 is 17.7 Å². The molecule has 1 saturated heterocycles. The molecule has 1 aliphatic heterocycles. The molecular formula is C32H34F3N3O2. The quantitative estimate of drug-likeness (QED) is 0.279. The number of aryl methyl sites for hydroxylation is 1. The zero-order chi connectivity index (χ0) is 28.1. The number of fused-ring (bicyclic) bond motifs is 1. The highest BCUT2D eigenvalue weighted by Crippen LogP contribution is 2.38. The van der Waals surface area contributed by atoms with Gasteiger partial charge in [0.05, 0.1) is 18.8 Å². The second kappa shape index (κ2) is 12.3. The van der Waals surface area contributed by atoms with Crippen LogP contribution in [0, 0.1) is 6.92 Å². The number of carbonyl (C=O) groups is 1. The number of aromatic nitrogens is 1. The number of amides is 1. The Balaban J connectivity index is 1.46. The molecule has 0 unspecified atom stereocenters. The van der Waals surface area contributed by atoms with Gasteiger partial charge in [0.25, 0.3) is 0 Å². The third-order valence-electron chi connectivity index (χ3n) is 7.53. The summed E-state index contributed by atoms with van der Waals surface area (Å²) in [7, 11) is 0. The maximum Gasteiger partial charge on any atom is 0.416 e. The molecule has 1 fully saturated rings. The summed E-state index contributed by atoms with van der Waals surface area (Å²) in [5.41, 5.74) is 3.86. The van der Waals surface area contributed by atoms with E-state index in [0.29, 0.717) is 38.4 Å². The Hall–Kier alpha value is -3.62. The summed E-state index contributed by atoms with van der Waals surface area (Å²) in [5, 5.41) is 3.92. The molecule has 1 atom stereocenters. The highest BCUT2D eigenvalue weighted by atomic mass is 19.4. The van der Waals surface area contributed by atoms with Crippen molar-refractivity contribution in [3.63, 3.8) is 0 Å². The van der Waals surface area contributed by atoms with E-state index in [-0.39, 0.29) is 12.3 Å². The molecule has 4 aromatic rings. The minimum absolute atomic E-state index is 0.0446. The molecule has 0 saturated carbocycles. The van der Waals surface area contributed by atoms with Crippen molar-refractivity contribution in [2.45, 2.75) is 32.0 Å². The number of alkyl halides is 3. The van der Waals surface area contributed by atoms with E-state index in [1.165, 1.54) is 17.7 Å². The summed E-state index contributed by atoms with van der Waals surface area (Å²) < 4.78 is 48.5. The lowest BCUT2D eigenvalue weighted by Crippen LogP contribution is -2.41. The van der Waals surface area contributed by atoms with Gasteiger partial charge in [-0.2, -0.15) is 13.2 Å². The van der Waals surface area contributed by atoms with Gasteiger partial charge in [-0.05, 0) is 35.7 Å². The number of halogens is 3. The number of nitrogens with zero attached hydrogens (tertiary/aromatic N) is 2.